The molecule has 0 aliphatic rings. The van der Waals surface area contributed by atoms with Crippen LogP contribution in [0, 0.1) is 0 Å². The lowest BCUT2D eigenvalue weighted by atomic mass is 11.5. The first-order valence-electron chi connectivity index (χ1n) is 1.81. The van der Waals surface area contributed by atoms with E-state index in [-0.39, 0.29) is 0 Å². The highest BCUT2D eigenvalue weighted by Gasteiger charge is 2.15. The Morgan fingerprint density at radius 2 is 2.33 bits per heavy atom. The van der Waals surface area contributed by atoms with E-state index in [1.54, 1.807) is 0 Å². The van der Waals surface area contributed by atoms with Gasteiger partial charge in [-0.3, -0.25) is 0 Å². The third kappa shape index (κ3) is 1.39. The second-order valence-electron chi connectivity index (χ2n) is 1.14. The first-order valence-corrected chi connectivity index (χ1v) is 4.12. The Labute approximate surface area is 55.1 Å². The fourth-order valence-electron chi connectivity index (χ4n) is 0.269. The molecule has 0 saturated heterocycles. The highest BCUT2D eigenvalue weighted by Crippen LogP contribution is 2.08. The Bertz CT molecular complexity index is 277. The van der Waals surface area contributed by atoms with Crippen LogP contribution in [0.2, 0.25) is 0 Å². The molecule has 5 nitrogen and oxygen atoms in total. The van der Waals surface area contributed by atoms with Crippen LogP contribution < -0.4 is 0 Å². The van der Waals surface area contributed by atoms with Crippen molar-refractivity contribution in [3.63, 3.8) is 0 Å². The Morgan fingerprint density at radius 3 is 2.56 bits per heavy atom. The molecule has 0 aliphatic heterocycles. The van der Waals surface area contributed by atoms with E-state index in [2.05, 4.69) is 14.6 Å². The van der Waals surface area contributed by atoms with E-state index >= 15 is 0 Å². The van der Waals surface area contributed by atoms with Gasteiger partial charge in [0.1, 0.15) is 0 Å². The molecule has 0 radical (unpaired) electrons. The normalized spacial score (nSPS) is 11.7. The van der Waals surface area contributed by atoms with Crippen LogP contribution in [0.25, 0.3) is 0 Å². The SMILES string of the molecule is O=S(=O)(Cl)c1nnco1. The van der Waals surface area contributed by atoms with Crippen molar-refractivity contribution in [1.82, 2.24) is 10.2 Å². The predicted octanol–water partition coefficient (Wildman–Crippen LogP) is -0.00290. The molecule has 7 heteroatoms. The second-order valence-corrected chi connectivity index (χ2v) is 3.59. The van der Waals surface area contributed by atoms with E-state index in [1.165, 1.54) is 0 Å². The zero-order chi connectivity index (χ0) is 6.91. The van der Waals surface area contributed by atoms with Crippen molar-refractivity contribution in [3.05, 3.63) is 6.39 Å². The van der Waals surface area contributed by atoms with E-state index in [1.807, 2.05) is 0 Å². The van der Waals surface area contributed by atoms with Gasteiger partial charge in [0, 0.05) is 10.7 Å². The molecule has 0 aliphatic carbocycles. The molecule has 0 saturated carbocycles. The topological polar surface area (TPSA) is 73.1 Å². The van der Waals surface area contributed by atoms with Crippen LogP contribution in [-0.4, -0.2) is 18.6 Å². The van der Waals surface area contributed by atoms with Gasteiger partial charge in [0.15, 0.2) is 0 Å². The summed E-state index contributed by atoms with van der Waals surface area (Å²) in [4.78, 5) is 0. The van der Waals surface area contributed by atoms with Crippen molar-refractivity contribution >= 4 is 19.7 Å². The van der Waals surface area contributed by atoms with Gasteiger partial charge >= 0.3 is 14.3 Å². The average Bonchev–Trinajstić information content (AvgIpc) is 2.08. The molecule has 1 rings (SSSR count). The quantitative estimate of drug-likeness (QED) is 0.552. The second kappa shape index (κ2) is 1.96. The van der Waals surface area contributed by atoms with Crippen LogP contribution in [0.3, 0.4) is 0 Å². The summed E-state index contributed by atoms with van der Waals surface area (Å²) in [6.45, 7) is 0. The summed E-state index contributed by atoms with van der Waals surface area (Å²) in [6.07, 6.45) is 0.884. The summed E-state index contributed by atoms with van der Waals surface area (Å²) in [5.74, 6) is 0. The molecule has 0 amide bonds. The van der Waals surface area contributed by atoms with Crippen LogP contribution in [0.4, 0.5) is 0 Å². The monoisotopic (exact) mass is 168 g/mol. The third-order valence-corrected chi connectivity index (χ3v) is 1.54. The van der Waals surface area contributed by atoms with Crippen molar-refractivity contribution in [3.8, 4) is 0 Å². The molecule has 50 valence electrons. The third-order valence-electron chi connectivity index (χ3n) is 0.549. The van der Waals surface area contributed by atoms with Crippen molar-refractivity contribution in [2.45, 2.75) is 5.22 Å². The van der Waals surface area contributed by atoms with E-state index in [0.29, 0.717) is 0 Å². The molecule has 0 atom stereocenters. The van der Waals surface area contributed by atoms with Gasteiger partial charge in [-0.05, 0) is 0 Å². The highest BCUT2D eigenvalue weighted by atomic mass is 35.7. The van der Waals surface area contributed by atoms with E-state index in [4.69, 9.17) is 10.7 Å². The molecule has 1 aromatic heterocycles. The lowest BCUT2D eigenvalue weighted by Gasteiger charge is -1.79. The fraction of sp³-hybridized carbons (Fsp3) is 0. The summed E-state index contributed by atoms with van der Waals surface area (Å²) in [5, 5.41) is 5.58. The molecular weight excluding hydrogens is 168 g/mol. The largest absolute Gasteiger partial charge is 0.414 e. The maximum Gasteiger partial charge on any atom is 0.351 e. The van der Waals surface area contributed by atoms with E-state index < -0.39 is 14.3 Å². The summed E-state index contributed by atoms with van der Waals surface area (Å²) in [7, 11) is 0.948. The summed E-state index contributed by atoms with van der Waals surface area (Å²) >= 11 is 0. The van der Waals surface area contributed by atoms with Crippen LogP contribution in [0.5, 0.6) is 0 Å². The predicted molar refractivity (Wildman–Crippen MR) is 27.3 cm³/mol. The van der Waals surface area contributed by atoms with Gasteiger partial charge in [-0.1, -0.05) is 5.10 Å². The van der Waals surface area contributed by atoms with Crippen LogP contribution in [0.15, 0.2) is 16.0 Å². The fourth-order valence-corrected chi connectivity index (χ4v) is 0.773. The molecule has 0 N–H and O–H groups in total. The minimum absolute atomic E-state index is 0.579. The Morgan fingerprint density at radius 1 is 1.67 bits per heavy atom. The van der Waals surface area contributed by atoms with E-state index in [0.717, 1.165) is 6.39 Å². The van der Waals surface area contributed by atoms with Gasteiger partial charge in [0.05, 0.1) is 0 Å². The smallest absolute Gasteiger partial charge is 0.351 e. The Kier molecular flexibility index (Phi) is 1.42. The van der Waals surface area contributed by atoms with Crippen molar-refractivity contribution in [2.75, 3.05) is 0 Å². The highest BCUT2D eigenvalue weighted by molar-refractivity contribution is 8.13. The number of hydrogen-bond acceptors (Lipinski definition) is 5. The Balaban J connectivity index is 3.20. The number of hydrogen-bond donors (Lipinski definition) is 0. The number of rotatable bonds is 1. The van der Waals surface area contributed by atoms with Gasteiger partial charge in [-0.15, -0.1) is 5.10 Å². The molecule has 9 heavy (non-hydrogen) atoms. The first-order chi connectivity index (χ1) is 4.11. The number of halogens is 1. The maximum absolute atomic E-state index is 10.3. The van der Waals surface area contributed by atoms with Gasteiger partial charge in [0.2, 0.25) is 6.39 Å². The van der Waals surface area contributed by atoms with Crippen LogP contribution in [-0.2, 0) is 9.05 Å². The van der Waals surface area contributed by atoms with Crippen molar-refractivity contribution in [1.29, 1.82) is 0 Å². The zero-order valence-electron chi connectivity index (χ0n) is 3.98. The summed E-state index contributed by atoms with van der Waals surface area (Å²) in [6, 6.07) is 0. The molecule has 0 spiro atoms. The van der Waals surface area contributed by atoms with Gasteiger partial charge in [-0.2, -0.15) is 0 Å². The minimum atomic E-state index is -3.83. The van der Waals surface area contributed by atoms with E-state index in [9.17, 15) is 8.42 Å². The number of aromatic nitrogens is 2. The lowest BCUT2D eigenvalue weighted by Crippen LogP contribution is -1.89. The molecule has 1 aromatic rings. The molecule has 0 bridgehead atoms. The Hall–Kier alpha value is -0.620. The van der Waals surface area contributed by atoms with Gasteiger partial charge in [-0.25, -0.2) is 8.42 Å². The maximum atomic E-state index is 10.3. The average molecular weight is 169 g/mol. The van der Waals surface area contributed by atoms with Gasteiger partial charge in [0.25, 0.3) is 0 Å². The lowest BCUT2D eigenvalue weighted by molar-refractivity contribution is 0.434. The number of nitrogens with zero attached hydrogens (tertiary/aromatic N) is 2. The minimum Gasteiger partial charge on any atom is -0.414 e. The van der Waals surface area contributed by atoms with Crippen molar-refractivity contribution < 1.29 is 12.8 Å². The van der Waals surface area contributed by atoms with Crippen LogP contribution >= 0.6 is 10.7 Å². The molecule has 0 unspecified atom stereocenters. The molecule has 0 aromatic carbocycles. The van der Waals surface area contributed by atoms with Crippen molar-refractivity contribution in [2.24, 2.45) is 0 Å². The summed E-state index contributed by atoms with van der Waals surface area (Å²) < 4.78 is 24.8. The molecule has 1 heterocycles. The zero-order valence-corrected chi connectivity index (χ0v) is 5.56. The molecule has 0 fully saturated rings. The van der Waals surface area contributed by atoms with Crippen LogP contribution in [0.1, 0.15) is 0 Å². The summed E-state index contributed by atoms with van der Waals surface area (Å²) in [5.41, 5.74) is 0. The standard InChI is InChI=1S/C2HClN2O3S/c3-9(6,7)2-5-4-1-8-2/h1H. The molecular formula is C2HClN2O3S. The van der Waals surface area contributed by atoms with Gasteiger partial charge < -0.3 is 4.42 Å². The first kappa shape index (κ1) is 6.50.